The molecule has 0 atom stereocenters. The fourth-order valence-corrected chi connectivity index (χ4v) is 2.87. The molecular weight excluding hydrogens is 384 g/mol. The molecule has 1 aromatic heterocycles. The molecule has 25 heavy (non-hydrogen) atoms. The molecule has 0 spiro atoms. The van der Waals surface area contributed by atoms with Crippen LogP contribution in [0.3, 0.4) is 0 Å². The molecule has 2 rings (SSSR count). The number of benzene rings is 1. The molecule has 1 aromatic carbocycles. The van der Waals surface area contributed by atoms with E-state index in [4.69, 9.17) is 4.42 Å². The highest BCUT2D eigenvalue weighted by atomic mass is 79.9. The van der Waals surface area contributed by atoms with E-state index in [1.807, 2.05) is 32.9 Å². The standard InChI is InChI=1S/C19H21BrN2O3/c1-12-9-13(2)19(14(3)10-12)21-17(23)11-22(4)18(24)8-6-15-5-7-16(20)25-15/h5-10H,11H2,1-4H3,(H,21,23)/b8-6+. The van der Waals surface area contributed by atoms with Crippen molar-refractivity contribution in [3.8, 4) is 0 Å². The van der Waals surface area contributed by atoms with Crippen LogP contribution in [0.25, 0.3) is 6.08 Å². The average molecular weight is 405 g/mol. The molecule has 0 radical (unpaired) electrons. The minimum absolute atomic E-state index is 0.0300. The zero-order chi connectivity index (χ0) is 18.6. The largest absolute Gasteiger partial charge is 0.450 e. The van der Waals surface area contributed by atoms with Gasteiger partial charge in [-0.05, 0) is 66.0 Å². The molecule has 1 N–H and O–H groups in total. The van der Waals surface area contributed by atoms with Gasteiger partial charge in [0.05, 0.1) is 6.54 Å². The number of halogens is 1. The number of hydrogen-bond acceptors (Lipinski definition) is 3. The normalized spacial score (nSPS) is 10.9. The Morgan fingerprint density at radius 2 is 1.84 bits per heavy atom. The van der Waals surface area contributed by atoms with Crippen LogP contribution in [0.2, 0.25) is 0 Å². The average Bonchev–Trinajstić information content (AvgIpc) is 2.94. The number of carbonyl (C=O) groups is 2. The third-order valence-electron chi connectivity index (χ3n) is 3.68. The number of hydrogen-bond donors (Lipinski definition) is 1. The van der Waals surface area contributed by atoms with E-state index in [1.165, 1.54) is 11.0 Å². The second kappa shape index (κ2) is 8.16. The summed E-state index contributed by atoms with van der Waals surface area (Å²) in [5.41, 5.74) is 3.95. The summed E-state index contributed by atoms with van der Waals surface area (Å²) in [4.78, 5) is 25.7. The maximum atomic E-state index is 12.2. The number of aryl methyl sites for hydroxylation is 3. The Hall–Kier alpha value is -2.34. The van der Waals surface area contributed by atoms with Crippen LogP contribution in [-0.2, 0) is 9.59 Å². The lowest BCUT2D eigenvalue weighted by molar-refractivity contribution is -0.129. The Morgan fingerprint density at radius 3 is 2.40 bits per heavy atom. The van der Waals surface area contributed by atoms with Crippen LogP contribution < -0.4 is 5.32 Å². The number of nitrogens with one attached hydrogen (secondary N) is 1. The van der Waals surface area contributed by atoms with Gasteiger partial charge in [-0.3, -0.25) is 9.59 Å². The first kappa shape index (κ1) is 19.0. The Bertz CT molecular complexity index is 801. The van der Waals surface area contributed by atoms with Crippen LogP contribution in [0.4, 0.5) is 5.69 Å². The van der Waals surface area contributed by atoms with Gasteiger partial charge in [-0.2, -0.15) is 0 Å². The molecule has 2 amide bonds. The van der Waals surface area contributed by atoms with E-state index < -0.39 is 0 Å². The van der Waals surface area contributed by atoms with Crippen molar-refractivity contribution in [1.82, 2.24) is 4.90 Å². The van der Waals surface area contributed by atoms with Crippen molar-refractivity contribution in [2.24, 2.45) is 0 Å². The van der Waals surface area contributed by atoms with Crippen LogP contribution >= 0.6 is 15.9 Å². The molecule has 0 bridgehead atoms. The highest BCUT2D eigenvalue weighted by Gasteiger charge is 2.13. The highest BCUT2D eigenvalue weighted by molar-refractivity contribution is 9.10. The minimum Gasteiger partial charge on any atom is -0.450 e. The molecule has 0 fully saturated rings. The first-order valence-corrected chi connectivity index (χ1v) is 8.62. The molecule has 6 heteroatoms. The maximum Gasteiger partial charge on any atom is 0.246 e. The summed E-state index contributed by atoms with van der Waals surface area (Å²) in [6.07, 6.45) is 2.94. The molecule has 0 aliphatic rings. The van der Waals surface area contributed by atoms with Crippen molar-refractivity contribution in [2.75, 3.05) is 18.9 Å². The Kier molecular flexibility index (Phi) is 6.20. The maximum absolute atomic E-state index is 12.2. The molecule has 1 heterocycles. The predicted molar refractivity (Wildman–Crippen MR) is 102 cm³/mol. The zero-order valence-electron chi connectivity index (χ0n) is 14.7. The molecule has 2 aromatic rings. The second-order valence-corrected chi connectivity index (χ2v) is 6.77. The molecule has 5 nitrogen and oxygen atoms in total. The number of rotatable bonds is 5. The highest BCUT2D eigenvalue weighted by Crippen LogP contribution is 2.21. The summed E-state index contributed by atoms with van der Waals surface area (Å²) in [6, 6.07) is 7.51. The van der Waals surface area contributed by atoms with Gasteiger partial charge in [-0.25, -0.2) is 0 Å². The minimum atomic E-state index is -0.278. The monoisotopic (exact) mass is 404 g/mol. The zero-order valence-corrected chi connectivity index (χ0v) is 16.3. The number of anilines is 1. The van der Waals surface area contributed by atoms with E-state index in [0.29, 0.717) is 10.4 Å². The molecule has 0 saturated carbocycles. The van der Waals surface area contributed by atoms with Crippen LogP contribution in [0.15, 0.2) is 39.4 Å². The fourth-order valence-electron chi connectivity index (χ4n) is 2.55. The van der Waals surface area contributed by atoms with Gasteiger partial charge in [0.25, 0.3) is 0 Å². The molecular formula is C19H21BrN2O3. The van der Waals surface area contributed by atoms with E-state index in [1.54, 1.807) is 25.3 Å². The summed E-state index contributed by atoms with van der Waals surface area (Å²) in [6.45, 7) is 5.89. The third kappa shape index (κ3) is 5.32. The fraction of sp³-hybridized carbons (Fsp3) is 0.263. The van der Waals surface area contributed by atoms with Crippen molar-refractivity contribution >= 4 is 39.5 Å². The summed E-state index contributed by atoms with van der Waals surface area (Å²) in [5, 5.41) is 2.89. The molecule has 0 aliphatic carbocycles. The van der Waals surface area contributed by atoms with Crippen LogP contribution in [0, 0.1) is 20.8 Å². The van der Waals surface area contributed by atoms with Crippen LogP contribution in [0.5, 0.6) is 0 Å². The quantitative estimate of drug-likeness (QED) is 0.763. The Balaban J connectivity index is 1.95. The number of carbonyl (C=O) groups excluding carboxylic acids is 2. The van der Waals surface area contributed by atoms with Gasteiger partial charge in [0.15, 0.2) is 4.67 Å². The van der Waals surface area contributed by atoms with Crippen molar-refractivity contribution in [3.63, 3.8) is 0 Å². The summed E-state index contributed by atoms with van der Waals surface area (Å²) >= 11 is 3.20. The number of nitrogens with zero attached hydrogens (tertiary/aromatic N) is 1. The molecule has 0 saturated heterocycles. The topological polar surface area (TPSA) is 62.6 Å². The molecule has 132 valence electrons. The van der Waals surface area contributed by atoms with Gasteiger partial charge in [-0.15, -0.1) is 0 Å². The SMILES string of the molecule is Cc1cc(C)c(NC(=O)CN(C)C(=O)/C=C/c2ccc(Br)o2)c(C)c1. The summed E-state index contributed by atoms with van der Waals surface area (Å²) in [5.74, 6) is 0.0454. The van der Waals surface area contributed by atoms with Gasteiger partial charge < -0.3 is 14.6 Å². The summed E-state index contributed by atoms with van der Waals surface area (Å²) < 4.78 is 5.88. The van der Waals surface area contributed by atoms with E-state index in [-0.39, 0.29) is 18.4 Å². The van der Waals surface area contributed by atoms with Gasteiger partial charge in [0.2, 0.25) is 11.8 Å². The number of amides is 2. The lowest BCUT2D eigenvalue weighted by atomic mass is 10.1. The summed E-state index contributed by atoms with van der Waals surface area (Å²) in [7, 11) is 1.58. The number of likely N-dealkylation sites (N-methyl/N-ethyl adjacent to an activating group) is 1. The first-order chi connectivity index (χ1) is 11.8. The van der Waals surface area contributed by atoms with Crippen molar-refractivity contribution in [1.29, 1.82) is 0 Å². The van der Waals surface area contributed by atoms with E-state index in [0.717, 1.165) is 22.4 Å². The third-order valence-corrected chi connectivity index (χ3v) is 4.11. The van der Waals surface area contributed by atoms with E-state index >= 15 is 0 Å². The lowest BCUT2D eigenvalue weighted by Crippen LogP contribution is -2.34. The van der Waals surface area contributed by atoms with Gasteiger partial charge >= 0.3 is 0 Å². The first-order valence-electron chi connectivity index (χ1n) is 7.82. The van der Waals surface area contributed by atoms with Crippen LogP contribution in [-0.4, -0.2) is 30.3 Å². The molecule has 0 aliphatic heterocycles. The van der Waals surface area contributed by atoms with Gasteiger partial charge in [0.1, 0.15) is 5.76 Å². The smallest absolute Gasteiger partial charge is 0.246 e. The lowest BCUT2D eigenvalue weighted by Gasteiger charge is -2.17. The molecule has 0 unspecified atom stereocenters. The second-order valence-electron chi connectivity index (χ2n) is 5.99. The van der Waals surface area contributed by atoms with Gasteiger partial charge in [0, 0.05) is 18.8 Å². The van der Waals surface area contributed by atoms with Gasteiger partial charge in [-0.1, -0.05) is 17.7 Å². The van der Waals surface area contributed by atoms with Crippen molar-refractivity contribution < 1.29 is 14.0 Å². The number of furan rings is 1. The van der Waals surface area contributed by atoms with E-state index in [9.17, 15) is 9.59 Å². The Morgan fingerprint density at radius 1 is 1.20 bits per heavy atom. The van der Waals surface area contributed by atoms with Crippen molar-refractivity contribution in [2.45, 2.75) is 20.8 Å². The predicted octanol–water partition coefficient (Wildman–Crippen LogP) is 4.08. The van der Waals surface area contributed by atoms with Crippen LogP contribution in [0.1, 0.15) is 22.5 Å². The van der Waals surface area contributed by atoms with Crippen molar-refractivity contribution in [3.05, 3.63) is 57.5 Å². The Labute approximate surface area is 155 Å². The van der Waals surface area contributed by atoms with E-state index in [2.05, 4.69) is 21.2 Å².